The molecule has 2 heterocycles. The summed E-state index contributed by atoms with van der Waals surface area (Å²) in [6.07, 6.45) is -0.00691. The van der Waals surface area contributed by atoms with E-state index in [2.05, 4.69) is 14.7 Å². The van der Waals surface area contributed by atoms with Gasteiger partial charge in [0.25, 0.3) is 0 Å². The molecule has 0 amide bonds. The standard InChI is InChI=1S/C18H22N4O5S/c1-5-13-16(18(26-4)20-10-19-13)28(24,25)21-17(23)15-8-11-6-7-12(22(2)3)9-14(11)27-15/h6-10,17,21,23H,5H2,1-4H3. The molecular weight excluding hydrogens is 384 g/mol. The predicted octanol–water partition coefficient (Wildman–Crippen LogP) is 1.83. The summed E-state index contributed by atoms with van der Waals surface area (Å²) in [4.78, 5) is 9.55. The van der Waals surface area contributed by atoms with E-state index in [-0.39, 0.29) is 22.2 Å². The highest BCUT2D eigenvalue weighted by Crippen LogP contribution is 2.29. The summed E-state index contributed by atoms with van der Waals surface area (Å²) in [5.41, 5.74) is 1.74. The van der Waals surface area contributed by atoms with Crippen molar-refractivity contribution in [3.05, 3.63) is 42.0 Å². The summed E-state index contributed by atoms with van der Waals surface area (Å²) in [5, 5.41) is 11.2. The van der Waals surface area contributed by atoms with Crippen molar-refractivity contribution < 1.29 is 22.7 Å². The Labute approximate surface area is 163 Å². The molecule has 0 radical (unpaired) electrons. The number of fused-ring (bicyclic) bond motifs is 1. The smallest absolute Gasteiger partial charge is 0.250 e. The van der Waals surface area contributed by atoms with Crippen molar-refractivity contribution >= 4 is 26.7 Å². The Morgan fingerprint density at radius 3 is 2.68 bits per heavy atom. The lowest BCUT2D eigenvalue weighted by Gasteiger charge is -2.14. The highest BCUT2D eigenvalue weighted by Gasteiger charge is 2.29. The highest BCUT2D eigenvalue weighted by molar-refractivity contribution is 7.89. The molecule has 2 N–H and O–H groups in total. The molecule has 0 saturated heterocycles. The molecule has 1 aromatic carbocycles. The van der Waals surface area contributed by atoms with Gasteiger partial charge in [-0.05, 0) is 24.6 Å². The molecule has 0 aliphatic carbocycles. The van der Waals surface area contributed by atoms with Gasteiger partial charge in [0.05, 0.1) is 12.8 Å². The second-order valence-corrected chi connectivity index (χ2v) is 7.95. The van der Waals surface area contributed by atoms with Crippen molar-refractivity contribution in [2.24, 2.45) is 0 Å². The normalized spacial score (nSPS) is 12.9. The van der Waals surface area contributed by atoms with E-state index in [1.165, 1.54) is 13.4 Å². The van der Waals surface area contributed by atoms with Crippen molar-refractivity contribution in [3.63, 3.8) is 0 Å². The number of aliphatic hydroxyl groups excluding tert-OH is 1. The Kier molecular flexibility index (Phi) is 5.54. The third kappa shape index (κ3) is 3.79. The van der Waals surface area contributed by atoms with Gasteiger partial charge in [0.15, 0.2) is 11.1 Å². The molecule has 0 saturated carbocycles. The summed E-state index contributed by atoms with van der Waals surface area (Å²) in [6, 6.07) is 7.13. The number of nitrogens with one attached hydrogen (secondary N) is 1. The van der Waals surface area contributed by atoms with Crippen molar-refractivity contribution in [1.29, 1.82) is 0 Å². The number of nitrogens with zero attached hydrogens (tertiary/aromatic N) is 3. The number of ether oxygens (including phenoxy) is 1. The molecule has 0 fully saturated rings. The number of aliphatic hydroxyl groups is 1. The number of methoxy groups -OCH3 is 1. The zero-order chi connectivity index (χ0) is 20.5. The molecular formula is C18H22N4O5S. The van der Waals surface area contributed by atoms with E-state index in [0.29, 0.717) is 12.0 Å². The molecule has 3 rings (SSSR count). The van der Waals surface area contributed by atoms with Crippen LogP contribution in [-0.2, 0) is 16.4 Å². The first-order valence-electron chi connectivity index (χ1n) is 8.56. The lowest BCUT2D eigenvalue weighted by molar-refractivity contribution is 0.141. The number of benzene rings is 1. The Morgan fingerprint density at radius 2 is 2.04 bits per heavy atom. The van der Waals surface area contributed by atoms with Crippen LogP contribution in [0.3, 0.4) is 0 Å². The van der Waals surface area contributed by atoms with E-state index in [4.69, 9.17) is 9.15 Å². The molecule has 3 aromatic rings. The van der Waals surface area contributed by atoms with E-state index in [0.717, 1.165) is 11.1 Å². The summed E-state index contributed by atoms with van der Waals surface area (Å²) >= 11 is 0. The second-order valence-electron chi connectivity index (χ2n) is 6.30. The third-order valence-corrected chi connectivity index (χ3v) is 5.70. The van der Waals surface area contributed by atoms with Crippen LogP contribution in [-0.4, -0.2) is 44.7 Å². The van der Waals surface area contributed by atoms with Gasteiger partial charge in [-0.1, -0.05) is 6.92 Å². The number of hydrogen-bond acceptors (Lipinski definition) is 8. The maximum Gasteiger partial charge on any atom is 0.250 e. The molecule has 10 heteroatoms. The van der Waals surface area contributed by atoms with Crippen LogP contribution in [0.2, 0.25) is 0 Å². The van der Waals surface area contributed by atoms with Crippen molar-refractivity contribution in [2.75, 3.05) is 26.1 Å². The Morgan fingerprint density at radius 1 is 1.29 bits per heavy atom. The van der Waals surface area contributed by atoms with Gasteiger partial charge in [0.1, 0.15) is 17.7 Å². The number of hydrogen-bond donors (Lipinski definition) is 2. The molecule has 0 aliphatic heterocycles. The fraction of sp³-hybridized carbons (Fsp3) is 0.333. The van der Waals surface area contributed by atoms with Crippen LogP contribution in [0.4, 0.5) is 5.69 Å². The van der Waals surface area contributed by atoms with Gasteiger partial charge >= 0.3 is 0 Å². The SMILES string of the molecule is CCc1ncnc(OC)c1S(=O)(=O)NC(O)c1cc2ccc(N(C)C)cc2o1. The summed E-state index contributed by atoms with van der Waals surface area (Å²) in [6.45, 7) is 1.76. The molecule has 0 spiro atoms. The number of anilines is 1. The monoisotopic (exact) mass is 406 g/mol. The molecule has 9 nitrogen and oxygen atoms in total. The van der Waals surface area contributed by atoms with E-state index in [1.807, 2.05) is 37.2 Å². The Balaban J connectivity index is 1.94. The predicted molar refractivity (Wildman–Crippen MR) is 104 cm³/mol. The first-order valence-corrected chi connectivity index (χ1v) is 10.0. The van der Waals surface area contributed by atoms with Crippen molar-refractivity contribution in [1.82, 2.24) is 14.7 Å². The summed E-state index contributed by atoms with van der Waals surface area (Å²) < 4.78 is 38.6. The van der Waals surface area contributed by atoms with Gasteiger partial charge in [-0.2, -0.15) is 4.72 Å². The molecule has 2 aromatic heterocycles. The van der Waals surface area contributed by atoms with E-state index >= 15 is 0 Å². The summed E-state index contributed by atoms with van der Waals surface area (Å²) in [7, 11) is 0.943. The van der Waals surface area contributed by atoms with Gasteiger partial charge < -0.3 is 19.2 Å². The minimum absolute atomic E-state index is 0.0725. The van der Waals surface area contributed by atoms with Crippen molar-refractivity contribution in [3.8, 4) is 5.88 Å². The number of aromatic nitrogens is 2. The zero-order valence-corrected chi connectivity index (χ0v) is 16.8. The number of furan rings is 1. The second kappa shape index (κ2) is 7.74. The third-order valence-electron chi connectivity index (χ3n) is 4.22. The minimum Gasteiger partial charge on any atom is -0.480 e. The van der Waals surface area contributed by atoms with Crippen LogP contribution in [0.1, 0.15) is 24.6 Å². The maximum absolute atomic E-state index is 12.9. The van der Waals surface area contributed by atoms with Crippen LogP contribution in [0.5, 0.6) is 5.88 Å². The minimum atomic E-state index is -4.17. The van der Waals surface area contributed by atoms with E-state index in [9.17, 15) is 13.5 Å². The van der Waals surface area contributed by atoms with Crippen LogP contribution in [0.25, 0.3) is 11.0 Å². The number of sulfonamides is 1. The average Bonchev–Trinajstić information content (AvgIpc) is 3.10. The lowest BCUT2D eigenvalue weighted by Crippen LogP contribution is -2.29. The van der Waals surface area contributed by atoms with Crippen molar-refractivity contribution in [2.45, 2.75) is 24.5 Å². The molecule has 1 unspecified atom stereocenters. The highest BCUT2D eigenvalue weighted by atomic mass is 32.2. The van der Waals surface area contributed by atoms with E-state index in [1.54, 1.807) is 13.0 Å². The molecule has 0 aliphatic rings. The topological polar surface area (TPSA) is 118 Å². The molecule has 0 bridgehead atoms. The van der Waals surface area contributed by atoms with Gasteiger partial charge in [-0.25, -0.2) is 18.4 Å². The van der Waals surface area contributed by atoms with Gasteiger partial charge in [0.2, 0.25) is 15.9 Å². The van der Waals surface area contributed by atoms with Gasteiger partial charge in [-0.15, -0.1) is 0 Å². The number of aryl methyl sites for hydroxylation is 1. The number of rotatable bonds is 7. The largest absolute Gasteiger partial charge is 0.480 e. The molecule has 1 atom stereocenters. The Bertz CT molecular complexity index is 1070. The fourth-order valence-electron chi connectivity index (χ4n) is 2.78. The molecule has 150 valence electrons. The zero-order valence-electron chi connectivity index (χ0n) is 16.0. The van der Waals surface area contributed by atoms with Crippen LogP contribution >= 0.6 is 0 Å². The first kappa shape index (κ1) is 20.1. The molecule has 28 heavy (non-hydrogen) atoms. The van der Waals surface area contributed by atoms with E-state index < -0.39 is 16.3 Å². The van der Waals surface area contributed by atoms with Crippen LogP contribution in [0, 0.1) is 0 Å². The average molecular weight is 406 g/mol. The fourth-order valence-corrected chi connectivity index (χ4v) is 4.18. The quantitative estimate of drug-likeness (QED) is 0.571. The van der Waals surface area contributed by atoms with Gasteiger partial charge in [0, 0.05) is 31.2 Å². The maximum atomic E-state index is 12.9. The summed E-state index contributed by atoms with van der Waals surface area (Å²) in [5.74, 6) is -0.0184. The van der Waals surface area contributed by atoms with Crippen LogP contribution in [0.15, 0.2) is 39.9 Å². The lowest BCUT2D eigenvalue weighted by atomic mass is 10.2. The van der Waals surface area contributed by atoms with Gasteiger partial charge in [-0.3, -0.25) is 0 Å². The van der Waals surface area contributed by atoms with Crippen LogP contribution < -0.4 is 14.4 Å². The Hall–Kier alpha value is -2.69. The first-order chi connectivity index (χ1) is 13.3.